The largest absolute Gasteiger partial charge is 0.484 e. The SMILES string of the molecule is Cc1cccc(OCC(=O)NCCCOCC(F)(F)F)c1. The molecule has 1 aromatic rings. The van der Waals surface area contributed by atoms with Crippen molar-refractivity contribution in [2.24, 2.45) is 0 Å². The number of benzene rings is 1. The molecule has 0 atom stereocenters. The smallest absolute Gasteiger partial charge is 0.411 e. The number of alkyl halides is 3. The Morgan fingerprint density at radius 1 is 1.33 bits per heavy atom. The van der Waals surface area contributed by atoms with Gasteiger partial charge in [-0.05, 0) is 31.0 Å². The molecule has 21 heavy (non-hydrogen) atoms. The van der Waals surface area contributed by atoms with E-state index in [0.717, 1.165) is 5.56 Å². The Morgan fingerprint density at radius 3 is 2.76 bits per heavy atom. The van der Waals surface area contributed by atoms with E-state index >= 15 is 0 Å². The maximum atomic E-state index is 11.8. The first-order valence-corrected chi connectivity index (χ1v) is 6.47. The number of rotatable bonds is 8. The topological polar surface area (TPSA) is 47.6 Å². The van der Waals surface area contributed by atoms with Crippen LogP contribution in [0.15, 0.2) is 24.3 Å². The van der Waals surface area contributed by atoms with Crippen molar-refractivity contribution in [1.82, 2.24) is 5.32 Å². The van der Waals surface area contributed by atoms with Crippen molar-refractivity contribution in [3.63, 3.8) is 0 Å². The summed E-state index contributed by atoms with van der Waals surface area (Å²) in [6.45, 7) is 0.699. The number of carbonyl (C=O) groups excluding carboxylic acids is 1. The molecule has 0 aliphatic heterocycles. The van der Waals surface area contributed by atoms with Crippen molar-refractivity contribution in [2.45, 2.75) is 19.5 Å². The van der Waals surface area contributed by atoms with Gasteiger partial charge in [0.1, 0.15) is 12.4 Å². The van der Waals surface area contributed by atoms with Gasteiger partial charge in [0.25, 0.3) is 5.91 Å². The summed E-state index contributed by atoms with van der Waals surface area (Å²) in [5.74, 6) is 0.269. The van der Waals surface area contributed by atoms with Gasteiger partial charge in [0.2, 0.25) is 0 Å². The number of aryl methyl sites for hydroxylation is 1. The fourth-order valence-corrected chi connectivity index (χ4v) is 1.49. The number of halogens is 3. The number of hydrogen-bond donors (Lipinski definition) is 1. The molecule has 0 radical (unpaired) electrons. The van der Waals surface area contributed by atoms with Gasteiger partial charge in [-0.15, -0.1) is 0 Å². The molecule has 0 spiro atoms. The lowest BCUT2D eigenvalue weighted by Crippen LogP contribution is -2.30. The molecule has 1 aromatic carbocycles. The number of carbonyl (C=O) groups is 1. The van der Waals surface area contributed by atoms with Gasteiger partial charge in [0.05, 0.1) is 0 Å². The van der Waals surface area contributed by atoms with Gasteiger partial charge in [-0.3, -0.25) is 4.79 Å². The summed E-state index contributed by atoms with van der Waals surface area (Å²) in [6.07, 6.45) is -4.00. The van der Waals surface area contributed by atoms with Crippen molar-refractivity contribution < 1.29 is 27.4 Å². The van der Waals surface area contributed by atoms with Crippen LogP contribution in [0.3, 0.4) is 0 Å². The Balaban J connectivity index is 2.07. The van der Waals surface area contributed by atoms with E-state index in [9.17, 15) is 18.0 Å². The lowest BCUT2D eigenvalue weighted by Gasteiger charge is -2.09. The van der Waals surface area contributed by atoms with E-state index in [4.69, 9.17) is 4.74 Å². The summed E-state index contributed by atoms with van der Waals surface area (Å²) >= 11 is 0. The van der Waals surface area contributed by atoms with Gasteiger partial charge in [-0.25, -0.2) is 0 Å². The Kier molecular flexibility index (Phi) is 7.01. The number of ether oxygens (including phenoxy) is 2. The van der Waals surface area contributed by atoms with Crippen LogP contribution in [0.25, 0.3) is 0 Å². The van der Waals surface area contributed by atoms with Gasteiger partial charge in [0, 0.05) is 13.2 Å². The van der Waals surface area contributed by atoms with Gasteiger partial charge in [0.15, 0.2) is 6.61 Å². The maximum Gasteiger partial charge on any atom is 0.411 e. The van der Waals surface area contributed by atoms with Gasteiger partial charge < -0.3 is 14.8 Å². The monoisotopic (exact) mass is 305 g/mol. The predicted octanol–water partition coefficient (Wildman–Crippen LogP) is 2.46. The molecule has 0 aromatic heterocycles. The van der Waals surface area contributed by atoms with Crippen LogP contribution in [0.1, 0.15) is 12.0 Å². The highest BCUT2D eigenvalue weighted by atomic mass is 19.4. The van der Waals surface area contributed by atoms with Crippen LogP contribution in [-0.2, 0) is 9.53 Å². The van der Waals surface area contributed by atoms with Gasteiger partial charge >= 0.3 is 6.18 Å². The van der Waals surface area contributed by atoms with Crippen LogP contribution >= 0.6 is 0 Å². The fraction of sp³-hybridized carbons (Fsp3) is 0.500. The molecule has 0 saturated heterocycles. The Hall–Kier alpha value is -1.76. The van der Waals surface area contributed by atoms with Crippen LogP contribution in [0.2, 0.25) is 0 Å². The maximum absolute atomic E-state index is 11.8. The van der Waals surface area contributed by atoms with E-state index in [-0.39, 0.29) is 25.7 Å². The summed E-state index contributed by atoms with van der Waals surface area (Å²) in [4.78, 5) is 11.4. The molecule has 0 bridgehead atoms. The van der Waals surface area contributed by atoms with Gasteiger partial charge in [-0.1, -0.05) is 12.1 Å². The average Bonchev–Trinajstić information content (AvgIpc) is 2.39. The molecular weight excluding hydrogens is 287 g/mol. The van der Waals surface area contributed by atoms with E-state index in [1.54, 1.807) is 12.1 Å². The van der Waals surface area contributed by atoms with E-state index < -0.39 is 12.8 Å². The first-order valence-electron chi connectivity index (χ1n) is 6.47. The molecule has 4 nitrogen and oxygen atoms in total. The highest BCUT2D eigenvalue weighted by Crippen LogP contribution is 2.14. The lowest BCUT2D eigenvalue weighted by molar-refractivity contribution is -0.174. The fourth-order valence-electron chi connectivity index (χ4n) is 1.49. The molecule has 1 amide bonds. The summed E-state index contributed by atoms with van der Waals surface area (Å²) in [6, 6.07) is 7.28. The molecule has 0 aliphatic rings. The zero-order valence-electron chi connectivity index (χ0n) is 11.7. The normalized spacial score (nSPS) is 11.2. The summed E-state index contributed by atoms with van der Waals surface area (Å²) in [5.41, 5.74) is 1.02. The first kappa shape index (κ1) is 17.3. The van der Waals surface area contributed by atoms with Crippen LogP contribution in [0, 0.1) is 6.92 Å². The van der Waals surface area contributed by atoms with Crippen LogP contribution < -0.4 is 10.1 Å². The van der Waals surface area contributed by atoms with Crippen LogP contribution in [-0.4, -0.2) is 38.4 Å². The zero-order chi connectivity index (χ0) is 15.7. The minimum Gasteiger partial charge on any atom is -0.484 e. The second kappa shape index (κ2) is 8.51. The molecule has 1 rings (SSSR count). The first-order chi connectivity index (χ1) is 9.87. The van der Waals surface area contributed by atoms with Crippen molar-refractivity contribution in [3.8, 4) is 5.75 Å². The number of amides is 1. The van der Waals surface area contributed by atoms with E-state index in [1.165, 1.54) is 0 Å². The Morgan fingerprint density at radius 2 is 2.10 bits per heavy atom. The summed E-state index contributed by atoms with van der Waals surface area (Å²) in [7, 11) is 0. The third-order valence-corrected chi connectivity index (χ3v) is 2.41. The van der Waals surface area contributed by atoms with E-state index in [2.05, 4.69) is 10.1 Å². The molecule has 0 aliphatic carbocycles. The quantitative estimate of drug-likeness (QED) is 0.751. The van der Waals surface area contributed by atoms with Crippen molar-refractivity contribution in [2.75, 3.05) is 26.4 Å². The summed E-state index contributed by atoms with van der Waals surface area (Å²) < 4.78 is 45.0. The molecule has 0 saturated carbocycles. The predicted molar refractivity (Wildman–Crippen MR) is 71.2 cm³/mol. The van der Waals surface area contributed by atoms with Crippen molar-refractivity contribution >= 4 is 5.91 Å². The molecular formula is C14H18F3NO3. The van der Waals surface area contributed by atoms with Crippen molar-refractivity contribution in [1.29, 1.82) is 0 Å². The molecule has 0 fully saturated rings. The van der Waals surface area contributed by atoms with Crippen LogP contribution in [0.5, 0.6) is 5.75 Å². The minimum atomic E-state index is -4.31. The standard InChI is InChI=1S/C14H18F3NO3/c1-11-4-2-5-12(8-11)21-9-13(19)18-6-3-7-20-10-14(15,16)17/h2,4-5,8H,3,6-7,9-10H2,1H3,(H,18,19). The third-order valence-electron chi connectivity index (χ3n) is 2.41. The molecule has 7 heteroatoms. The molecule has 1 N–H and O–H groups in total. The second-order valence-corrected chi connectivity index (χ2v) is 4.48. The summed E-state index contributed by atoms with van der Waals surface area (Å²) in [5, 5.41) is 2.54. The zero-order valence-corrected chi connectivity index (χ0v) is 11.7. The van der Waals surface area contributed by atoms with Crippen LogP contribution in [0.4, 0.5) is 13.2 Å². The minimum absolute atomic E-state index is 0.0570. The Labute approximate surface area is 121 Å². The number of hydrogen-bond acceptors (Lipinski definition) is 3. The molecule has 0 unspecified atom stereocenters. The lowest BCUT2D eigenvalue weighted by atomic mass is 10.2. The number of nitrogens with one attached hydrogen (secondary N) is 1. The van der Waals surface area contributed by atoms with E-state index in [1.807, 2.05) is 19.1 Å². The van der Waals surface area contributed by atoms with Gasteiger partial charge in [-0.2, -0.15) is 13.2 Å². The highest BCUT2D eigenvalue weighted by molar-refractivity contribution is 5.77. The van der Waals surface area contributed by atoms with Crippen molar-refractivity contribution in [3.05, 3.63) is 29.8 Å². The molecule has 0 heterocycles. The Bertz CT molecular complexity index is 449. The average molecular weight is 305 g/mol. The third kappa shape index (κ3) is 8.91. The second-order valence-electron chi connectivity index (χ2n) is 4.48. The molecule has 118 valence electrons. The highest BCUT2D eigenvalue weighted by Gasteiger charge is 2.27. The van der Waals surface area contributed by atoms with E-state index in [0.29, 0.717) is 12.2 Å².